The second-order valence-electron chi connectivity index (χ2n) is 5.28. The number of oxime groups is 1. The molecule has 2 aromatic rings. The minimum Gasteiger partial charge on any atom is -0.409 e. The number of hydrogen-bond acceptors (Lipinski definition) is 4. The monoisotopic (exact) mass is 285 g/mol. The number of nitrogens with zero attached hydrogens (tertiary/aromatic N) is 4. The molecule has 0 spiro atoms. The van der Waals surface area contributed by atoms with Crippen LogP contribution in [0.1, 0.15) is 23.2 Å². The van der Waals surface area contributed by atoms with Crippen molar-refractivity contribution in [3.8, 4) is 0 Å². The van der Waals surface area contributed by atoms with E-state index in [4.69, 9.17) is 10.9 Å². The van der Waals surface area contributed by atoms with Crippen LogP contribution < -0.4 is 10.6 Å². The van der Waals surface area contributed by atoms with Crippen LogP contribution in [0.5, 0.6) is 0 Å². The number of amidine groups is 1. The van der Waals surface area contributed by atoms with Crippen molar-refractivity contribution in [1.82, 2.24) is 9.78 Å². The Labute approximate surface area is 123 Å². The maximum atomic E-state index is 9.05. The summed E-state index contributed by atoms with van der Waals surface area (Å²) in [6, 6.07) is 8.34. The van der Waals surface area contributed by atoms with Crippen molar-refractivity contribution in [2.75, 3.05) is 11.4 Å². The summed E-state index contributed by atoms with van der Waals surface area (Å²) in [6.45, 7) is 2.76. The molecule has 0 radical (unpaired) electrons. The summed E-state index contributed by atoms with van der Waals surface area (Å²) in [4.78, 5) is 2.20. The van der Waals surface area contributed by atoms with E-state index in [1.54, 1.807) is 4.68 Å². The highest BCUT2D eigenvalue weighted by Crippen LogP contribution is 2.35. The molecule has 2 heterocycles. The molecule has 1 aromatic heterocycles. The first-order valence-electron chi connectivity index (χ1n) is 7.00. The summed E-state index contributed by atoms with van der Waals surface area (Å²) in [6.07, 6.45) is 2.14. The number of benzene rings is 1. The topological polar surface area (TPSA) is 79.7 Å². The summed E-state index contributed by atoms with van der Waals surface area (Å²) < 4.78 is 1.80. The van der Waals surface area contributed by atoms with Gasteiger partial charge in [-0.25, -0.2) is 0 Å². The maximum absolute atomic E-state index is 9.05. The lowest BCUT2D eigenvalue weighted by molar-refractivity contribution is 0.318. The number of fused-ring (bicyclic) bond motifs is 1. The predicted octanol–water partition coefficient (Wildman–Crippen LogP) is 1.91. The summed E-state index contributed by atoms with van der Waals surface area (Å²) in [5, 5.41) is 16.6. The van der Waals surface area contributed by atoms with Gasteiger partial charge in [-0.1, -0.05) is 23.4 Å². The number of nitrogens with two attached hydrogens (primary N) is 1. The Hall–Kier alpha value is -2.50. The molecule has 6 nitrogen and oxygen atoms in total. The SMILES string of the molecule is Cc1nn(C)c(N2CCCc3ccccc32)c1C(N)=NO. The van der Waals surface area contributed by atoms with Gasteiger partial charge in [0.25, 0.3) is 0 Å². The third-order valence-electron chi connectivity index (χ3n) is 3.92. The molecule has 0 aliphatic carbocycles. The molecule has 0 atom stereocenters. The Morgan fingerprint density at radius 2 is 2.14 bits per heavy atom. The quantitative estimate of drug-likeness (QED) is 0.382. The Bertz CT molecular complexity index is 704. The summed E-state index contributed by atoms with van der Waals surface area (Å²) in [5.74, 6) is 0.966. The minimum absolute atomic E-state index is 0.0960. The lowest BCUT2D eigenvalue weighted by Crippen LogP contribution is -2.29. The average Bonchev–Trinajstić information content (AvgIpc) is 2.80. The molecule has 110 valence electrons. The Morgan fingerprint density at radius 3 is 2.90 bits per heavy atom. The van der Waals surface area contributed by atoms with Gasteiger partial charge in [-0.3, -0.25) is 4.68 Å². The van der Waals surface area contributed by atoms with E-state index < -0.39 is 0 Å². The van der Waals surface area contributed by atoms with Crippen molar-refractivity contribution in [3.05, 3.63) is 41.1 Å². The van der Waals surface area contributed by atoms with E-state index in [-0.39, 0.29) is 5.84 Å². The molecule has 0 saturated heterocycles. The molecule has 3 N–H and O–H groups in total. The number of aryl methyl sites for hydroxylation is 3. The molecule has 1 aromatic carbocycles. The standard InChI is InChI=1S/C15H19N5O/c1-10-13(14(16)18-21)15(19(2)17-10)20-9-5-7-11-6-3-4-8-12(11)20/h3-4,6,8,21H,5,7,9H2,1-2H3,(H2,16,18). The van der Waals surface area contributed by atoms with Gasteiger partial charge in [-0.15, -0.1) is 0 Å². The predicted molar refractivity (Wildman–Crippen MR) is 82.2 cm³/mol. The molecule has 0 unspecified atom stereocenters. The molecule has 6 heteroatoms. The zero-order chi connectivity index (χ0) is 15.0. The van der Waals surface area contributed by atoms with E-state index in [1.165, 1.54) is 11.3 Å². The number of rotatable bonds is 2. The molecule has 1 aliphatic heterocycles. The Kier molecular flexibility index (Phi) is 3.29. The van der Waals surface area contributed by atoms with E-state index in [0.29, 0.717) is 5.56 Å². The molecule has 21 heavy (non-hydrogen) atoms. The van der Waals surface area contributed by atoms with Gasteiger partial charge in [0, 0.05) is 19.3 Å². The van der Waals surface area contributed by atoms with E-state index in [9.17, 15) is 0 Å². The molecule has 3 rings (SSSR count). The minimum atomic E-state index is 0.0960. The number of aromatic nitrogens is 2. The number of anilines is 2. The molecule has 0 fully saturated rings. The smallest absolute Gasteiger partial charge is 0.175 e. The van der Waals surface area contributed by atoms with Crippen LogP contribution in [0.3, 0.4) is 0 Å². The number of para-hydroxylation sites is 1. The lowest BCUT2D eigenvalue weighted by atomic mass is 10.0. The summed E-state index contributed by atoms with van der Waals surface area (Å²) >= 11 is 0. The van der Waals surface area contributed by atoms with Crippen molar-refractivity contribution >= 4 is 17.3 Å². The molecular formula is C15H19N5O. The van der Waals surface area contributed by atoms with E-state index in [0.717, 1.165) is 30.9 Å². The Balaban J connectivity index is 2.19. The van der Waals surface area contributed by atoms with Gasteiger partial charge in [-0.2, -0.15) is 5.10 Å². The zero-order valence-electron chi connectivity index (χ0n) is 12.2. The highest BCUT2D eigenvalue weighted by molar-refractivity contribution is 6.03. The van der Waals surface area contributed by atoms with Gasteiger partial charge in [0.1, 0.15) is 5.82 Å². The molecule has 0 amide bonds. The first-order chi connectivity index (χ1) is 10.1. The van der Waals surface area contributed by atoms with Crippen LogP contribution in [0, 0.1) is 6.92 Å². The van der Waals surface area contributed by atoms with Crippen molar-refractivity contribution in [2.24, 2.45) is 17.9 Å². The normalized spacial score (nSPS) is 15.1. The largest absolute Gasteiger partial charge is 0.409 e. The van der Waals surface area contributed by atoms with Crippen molar-refractivity contribution in [3.63, 3.8) is 0 Å². The van der Waals surface area contributed by atoms with Crippen LogP contribution in [0.4, 0.5) is 11.5 Å². The molecule has 1 aliphatic rings. The number of hydrogen-bond donors (Lipinski definition) is 2. The van der Waals surface area contributed by atoms with Crippen molar-refractivity contribution < 1.29 is 5.21 Å². The van der Waals surface area contributed by atoms with Gasteiger partial charge in [0.15, 0.2) is 5.84 Å². The van der Waals surface area contributed by atoms with Gasteiger partial charge >= 0.3 is 0 Å². The molecule has 0 saturated carbocycles. The van der Waals surface area contributed by atoms with E-state index >= 15 is 0 Å². The van der Waals surface area contributed by atoms with Crippen LogP contribution in [0.15, 0.2) is 29.4 Å². The Morgan fingerprint density at radius 1 is 1.38 bits per heavy atom. The van der Waals surface area contributed by atoms with E-state index in [2.05, 4.69) is 33.4 Å². The van der Waals surface area contributed by atoms with Crippen molar-refractivity contribution in [1.29, 1.82) is 0 Å². The average molecular weight is 285 g/mol. The van der Waals surface area contributed by atoms with Crippen molar-refractivity contribution in [2.45, 2.75) is 19.8 Å². The fraction of sp³-hybridized carbons (Fsp3) is 0.333. The fourth-order valence-corrected chi connectivity index (χ4v) is 3.06. The first kappa shape index (κ1) is 13.5. The third-order valence-corrected chi connectivity index (χ3v) is 3.92. The van der Waals surface area contributed by atoms with E-state index in [1.807, 2.05) is 20.0 Å². The first-order valence-corrected chi connectivity index (χ1v) is 7.00. The second-order valence-corrected chi connectivity index (χ2v) is 5.28. The maximum Gasteiger partial charge on any atom is 0.175 e. The van der Waals surface area contributed by atoms with Gasteiger partial charge in [0.2, 0.25) is 0 Å². The highest BCUT2D eigenvalue weighted by Gasteiger charge is 2.26. The second kappa shape index (κ2) is 5.12. The highest BCUT2D eigenvalue weighted by atomic mass is 16.4. The van der Waals surface area contributed by atoms with Gasteiger partial charge in [0.05, 0.1) is 11.3 Å². The molecule has 0 bridgehead atoms. The summed E-state index contributed by atoms with van der Waals surface area (Å²) in [7, 11) is 1.88. The zero-order valence-corrected chi connectivity index (χ0v) is 12.2. The van der Waals surface area contributed by atoms with Crippen LogP contribution in [-0.2, 0) is 13.5 Å². The fourth-order valence-electron chi connectivity index (χ4n) is 3.06. The summed E-state index contributed by atoms with van der Waals surface area (Å²) in [5.41, 5.74) is 9.78. The van der Waals surface area contributed by atoms with Crippen LogP contribution >= 0.6 is 0 Å². The van der Waals surface area contributed by atoms with Gasteiger partial charge < -0.3 is 15.8 Å². The molecular weight excluding hydrogens is 266 g/mol. The van der Waals surface area contributed by atoms with Gasteiger partial charge in [-0.05, 0) is 31.4 Å². The third kappa shape index (κ3) is 2.12. The lowest BCUT2D eigenvalue weighted by Gasteiger charge is -2.31. The van der Waals surface area contributed by atoms with Crippen LogP contribution in [-0.4, -0.2) is 27.4 Å². The van der Waals surface area contributed by atoms with Crippen LogP contribution in [0.2, 0.25) is 0 Å². The van der Waals surface area contributed by atoms with Crippen LogP contribution in [0.25, 0.3) is 0 Å².